The van der Waals surface area contributed by atoms with E-state index in [1.807, 2.05) is 73.3 Å². The Labute approximate surface area is 260 Å². The molecule has 2 aromatic carbocycles. The first-order valence-electron chi connectivity index (χ1n) is 15.4. The minimum atomic E-state index is -0.775. The molecule has 2 aromatic heterocycles. The number of aromatic amines is 1. The number of H-pyrrole nitrogens is 1. The van der Waals surface area contributed by atoms with Gasteiger partial charge in [-0.1, -0.05) is 30.3 Å². The molecule has 4 heterocycles. The summed E-state index contributed by atoms with van der Waals surface area (Å²) in [6.45, 7) is 3.37. The lowest BCUT2D eigenvalue weighted by molar-refractivity contribution is -0.157. The summed E-state index contributed by atoms with van der Waals surface area (Å²) >= 11 is 0. The quantitative estimate of drug-likeness (QED) is 0.262. The number of carbonyl (C=O) groups excluding carboxylic acids is 1. The molecular formula is C33H39N5O7. The summed E-state index contributed by atoms with van der Waals surface area (Å²) in [5, 5.41) is 8.99. The van der Waals surface area contributed by atoms with Gasteiger partial charge in [0.05, 0.1) is 43.1 Å². The van der Waals surface area contributed by atoms with E-state index in [0.717, 1.165) is 22.4 Å². The van der Waals surface area contributed by atoms with Crippen LogP contribution in [0.3, 0.4) is 0 Å². The van der Waals surface area contributed by atoms with Gasteiger partial charge in [-0.3, -0.25) is 18.8 Å². The van der Waals surface area contributed by atoms with Crippen molar-refractivity contribution in [1.82, 2.24) is 23.8 Å². The van der Waals surface area contributed by atoms with Crippen LogP contribution in [0.5, 0.6) is 0 Å². The molecule has 1 unspecified atom stereocenters. The minimum Gasteiger partial charge on any atom is -0.459 e. The van der Waals surface area contributed by atoms with Crippen LogP contribution in [0.1, 0.15) is 42.5 Å². The molecule has 0 spiro atoms. The zero-order valence-corrected chi connectivity index (χ0v) is 25.6. The molecule has 4 aromatic rings. The summed E-state index contributed by atoms with van der Waals surface area (Å²) in [4.78, 5) is 45.2. The van der Waals surface area contributed by atoms with Crippen molar-refractivity contribution < 1.29 is 24.1 Å². The molecule has 12 heteroatoms. The highest BCUT2D eigenvalue weighted by atomic mass is 16.7. The number of fused-ring (bicyclic) bond motifs is 1. The number of rotatable bonds is 10. The lowest BCUT2D eigenvalue weighted by Gasteiger charge is -2.35. The van der Waals surface area contributed by atoms with Gasteiger partial charge in [-0.15, -0.1) is 0 Å². The largest absolute Gasteiger partial charge is 0.459 e. The number of imidazole rings is 1. The molecule has 0 radical (unpaired) electrons. The molecule has 0 bridgehead atoms. The fourth-order valence-corrected chi connectivity index (χ4v) is 6.45. The zero-order valence-electron chi connectivity index (χ0n) is 25.6. The molecule has 1 amide bonds. The average molecular weight is 618 g/mol. The van der Waals surface area contributed by atoms with Gasteiger partial charge in [0.2, 0.25) is 6.29 Å². The van der Waals surface area contributed by atoms with Gasteiger partial charge >= 0.3 is 5.69 Å². The van der Waals surface area contributed by atoms with E-state index >= 15 is 0 Å². The highest BCUT2D eigenvalue weighted by Crippen LogP contribution is 2.34. The Kier molecular flexibility index (Phi) is 9.06. The fraction of sp³-hybridized carbons (Fsp3) is 0.424. The van der Waals surface area contributed by atoms with Crippen LogP contribution in [0.4, 0.5) is 0 Å². The number of hydrogen-bond acceptors (Lipinski definition) is 7. The third-order valence-corrected chi connectivity index (χ3v) is 8.75. The number of allylic oxidation sites excluding steroid dienone is 1. The molecule has 12 nitrogen and oxygen atoms in total. The SMILES string of the molecule is Cc1c([C@H]2C=C(C(=O)N3CCC(n4c(=O)[nH]c5ccccc54)CC3)OC(OCCOCCO)C2)c(=O)n(-c2ccccc2)n1C. The van der Waals surface area contributed by atoms with Crippen molar-refractivity contribution in [2.24, 2.45) is 7.05 Å². The average Bonchev–Trinajstić information content (AvgIpc) is 3.51. The van der Waals surface area contributed by atoms with Crippen LogP contribution in [0.15, 0.2) is 76.0 Å². The van der Waals surface area contributed by atoms with Crippen LogP contribution in [0, 0.1) is 6.92 Å². The molecule has 238 valence electrons. The van der Waals surface area contributed by atoms with Crippen molar-refractivity contribution in [2.75, 3.05) is 39.5 Å². The van der Waals surface area contributed by atoms with Crippen molar-refractivity contribution in [3.05, 3.63) is 98.5 Å². The standard InChI is InChI=1S/C33H39N5O7/c1-22-30(32(41)38(35(22)2)25-8-4-3-5-9-25)23-20-28(45-29(21-23)44-19-18-43-17-16-39)31(40)36-14-12-24(13-15-36)37-27-11-7-6-10-26(27)34-33(37)42/h3-11,20,23-24,29,39H,12-19,21H2,1-2H3,(H,34,42)/t23-,29?/m0/s1. The Hall–Kier alpha value is -4.39. The second kappa shape index (κ2) is 13.3. The summed E-state index contributed by atoms with van der Waals surface area (Å²) in [5.41, 5.74) is 3.46. The van der Waals surface area contributed by atoms with Gasteiger partial charge in [0.1, 0.15) is 0 Å². The van der Waals surface area contributed by atoms with Gasteiger partial charge < -0.3 is 29.2 Å². The summed E-state index contributed by atoms with van der Waals surface area (Å²) in [7, 11) is 1.85. The summed E-state index contributed by atoms with van der Waals surface area (Å²) in [5.74, 6) is -0.553. The maximum Gasteiger partial charge on any atom is 0.326 e. The smallest absolute Gasteiger partial charge is 0.326 e. The van der Waals surface area contributed by atoms with E-state index in [9.17, 15) is 14.4 Å². The van der Waals surface area contributed by atoms with E-state index in [0.29, 0.717) is 37.9 Å². The number of aliphatic hydroxyl groups excluding tert-OH is 1. The van der Waals surface area contributed by atoms with E-state index in [1.165, 1.54) is 0 Å². The van der Waals surface area contributed by atoms with Crippen LogP contribution in [-0.4, -0.2) is 80.6 Å². The number of nitrogens with zero attached hydrogens (tertiary/aromatic N) is 4. The second-order valence-electron chi connectivity index (χ2n) is 11.4. The number of carbonyl (C=O) groups is 1. The first-order chi connectivity index (χ1) is 21.9. The van der Waals surface area contributed by atoms with Gasteiger partial charge in [-0.2, -0.15) is 0 Å². The van der Waals surface area contributed by atoms with Gasteiger partial charge in [0, 0.05) is 49.8 Å². The van der Waals surface area contributed by atoms with Gasteiger partial charge in [0.15, 0.2) is 5.76 Å². The molecule has 2 N–H and O–H groups in total. The number of piperidine rings is 1. The predicted octanol–water partition coefficient (Wildman–Crippen LogP) is 2.73. The second-order valence-corrected chi connectivity index (χ2v) is 11.4. The molecule has 1 saturated heterocycles. The molecule has 2 atom stereocenters. The summed E-state index contributed by atoms with van der Waals surface area (Å²) in [6, 6.07) is 17.0. The topological polar surface area (TPSA) is 133 Å². The molecule has 0 saturated carbocycles. The Morgan fingerprint density at radius 2 is 1.76 bits per heavy atom. The number of amides is 1. The number of nitrogens with one attached hydrogen (secondary N) is 1. The number of likely N-dealkylation sites (tertiary alicyclic amines) is 1. The molecule has 2 aliphatic heterocycles. The zero-order chi connectivity index (χ0) is 31.5. The number of aliphatic hydroxyl groups is 1. The van der Waals surface area contributed by atoms with E-state index in [-0.39, 0.29) is 55.4 Å². The van der Waals surface area contributed by atoms with Crippen molar-refractivity contribution >= 4 is 16.9 Å². The highest BCUT2D eigenvalue weighted by Gasteiger charge is 2.35. The predicted molar refractivity (Wildman–Crippen MR) is 167 cm³/mol. The maximum absolute atomic E-state index is 13.9. The minimum absolute atomic E-state index is 0.0369. The molecular weight excluding hydrogens is 578 g/mol. The Balaban J connectivity index is 1.24. The Morgan fingerprint density at radius 1 is 1.02 bits per heavy atom. The third kappa shape index (κ3) is 6.13. The van der Waals surface area contributed by atoms with Crippen LogP contribution in [0.25, 0.3) is 16.7 Å². The van der Waals surface area contributed by atoms with Crippen molar-refractivity contribution in [3.8, 4) is 5.69 Å². The summed E-state index contributed by atoms with van der Waals surface area (Å²) < 4.78 is 22.7. The van der Waals surface area contributed by atoms with Crippen LogP contribution in [-0.2, 0) is 26.1 Å². The Bertz CT molecular complexity index is 1790. The number of para-hydroxylation sites is 3. The fourth-order valence-electron chi connectivity index (χ4n) is 6.45. The molecule has 6 rings (SSSR count). The summed E-state index contributed by atoms with van der Waals surface area (Å²) in [6.07, 6.45) is 2.55. The van der Waals surface area contributed by atoms with Crippen LogP contribution in [0.2, 0.25) is 0 Å². The van der Waals surface area contributed by atoms with Gasteiger partial charge in [0.25, 0.3) is 11.5 Å². The maximum atomic E-state index is 13.9. The van der Waals surface area contributed by atoms with E-state index < -0.39 is 12.2 Å². The van der Waals surface area contributed by atoms with Crippen LogP contribution >= 0.6 is 0 Å². The van der Waals surface area contributed by atoms with E-state index in [4.69, 9.17) is 19.3 Å². The number of ether oxygens (including phenoxy) is 3. The Morgan fingerprint density at radius 3 is 2.51 bits per heavy atom. The number of benzene rings is 2. The van der Waals surface area contributed by atoms with Crippen molar-refractivity contribution in [3.63, 3.8) is 0 Å². The molecule has 45 heavy (non-hydrogen) atoms. The first kappa shape index (κ1) is 30.6. The van der Waals surface area contributed by atoms with Crippen molar-refractivity contribution in [2.45, 2.75) is 44.4 Å². The van der Waals surface area contributed by atoms with Crippen LogP contribution < -0.4 is 11.2 Å². The first-order valence-corrected chi connectivity index (χ1v) is 15.4. The monoisotopic (exact) mass is 617 g/mol. The number of aromatic nitrogens is 4. The van der Waals surface area contributed by atoms with Crippen molar-refractivity contribution in [1.29, 1.82) is 0 Å². The lowest BCUT2D eigenvalue weighted by Crippen LogP contribution is -2.43. The molecule has 1 fully saturated rings. The molecule has 2 aliphatic rings. The van der Waals surface area contributed by atoms with Gasteiger partial charge in [-0.25, -0.2) is 9.48 Å². The number of hydrogen-bond donors (Lipinski definition) is 2. The lowest BCUT2D eigenvalue weighted by atomic mass is 9.92. The normalized spacial score (nSPS) is 19.1. The van der Waals surface area contributed by atoms with Gasteiger partial charge in [-0.05, 0) is 50.1 Å². The third-order valence-electron chi connectivity index (χ3n) is 8.75. The van der Waals surface area contributed by atoms with E-state index in [2.05, 4.69) is 4.98 Å². The van der Waals surface area contributed by atoms with E-state index in [1.54, 1.807) is 20.2 Å². The molecule has 0 aliphatic carbocycles. The highest BCUT2D eigenvalue weighted by molar-refractivity contribution is 5.92.